The van der Waals surface area contributed by atoms with Crippen molar-refractivity contribution in [2.45, 2.75) is 0 Å². The second-order valence-corrected chi connectivity index (χ2v) is 16.7. The summed E-state index contributed by atoms with van der Waals surface area (Å²) < 4.78 is 7.33. The summed E-state index contributed by atoms with van der Waals surface area (Å²) in [6, 6.07) is 64.5. The van der Waals surface area contributed by atoms with Crippen LogP contribution in [0.1, 0.15) is 5.56 Å². The second kappa shape index (κ2) is 14.8. The monoisotopic (exact) mass is 823 g/mol. The topological polar surface area (TPSA) is 48.5 Å². The average Bonchev–Trinajstić information content (AvgIpc) is 4.01. The molecule has 0 saturated carbocycles. The molecule has 0 saturated heterocycles. The van der Waals surface area contributed by atoms with Crippen molar-refractivity contribution in [3.63, 3.8) is 0 Å². The normalized spacial score (nSPS) is 12.0. The lowest BCUT2D eigenvalue weighted by atomic mass is 10.0. The molecule has 12 rings (SSSR count). The van der Waals surface area contributed by atoms with E-state index in [-0.39, 0.29) is 0 Å². The van der Waals surface area contributed by atoms with Crippen LogP contribution in [0.4, 0.5) is 0 Å². The molecule has 8 aromatic carbocycles. The third-order valence-corrected chi connectivity index (χ3v) is 13.3. The van der Waals surface area contributed by atoms with Crippen molar-refractivity contribution in [2.75, 3.05) is 0 Å². The fourth-order valence-corrected chi connectivity index (χ4v) is 10.6. The SMILES string of the molecule is C=C/C=C(\C=C)c1ccc2c3ccccc3n(-c3cccc4c5ccc6c7ccc(-c8nc(-c9ccccc9)nc(-c9ccccc9)n8)cc7sc6c5n(-c5ccccc5)c34)c2c1. The molecular weight excluding hydrogens is 787 g/mol. The number of benzene rings is 8. The fraction of sp³-hybridized carbons (Fsp3) is 0. The van der Waals surface area contributed by atoms with E-state index < -0.39 is 0 Å². The third-order valence-electron chi connectivity index (χ3n) is 12.1. The molecule has 0 amide bonds. The Morgan fingerprint density at radius 2 is 1.05 bits per heavy atom. The Kier molecular flexibility index (Phi) is 8.59. The summed E-state index contributed by atoms with van der Waals surface area (Å²) in [5.74, 6) is 1.94. The maximum atomic E-state index is 5.06. The van der Waals surface area contributed by atoms with Crippen LogP contribution in [-0.4, -0.2) is 24.1 Å². The fourth-order valence-electron chi connectivity index (χ4n) is 9.27. The van der Waals surface area contributed by atoms with Crippen LogP contribution in [0.2, 0.25) is 0 Å². The van der Waals surface area contributed by atoms with Gasteiger partial charge in [-0.2, -0.15) is 0 Å². The zero-order valence-corrected chi connectivity index (χ0v) is 34.9. The number of nitrogens with zero attached hydrogens (tertiary/aromatic N) is 5. The molecule has 0 bridgehead atoms. The highest BCUT2D eigenvalue weighted by molar-refractivity contribution is 7.26. The molecule has 4 aromatic heterocycles. The van der Waals surface area contributed by atoms with Gasteiger partial charge < -0.3 is 9.13 Å². The molecule has 0 spiro atoms. The van der Waals surface area contributed by atoms with Crippen LogP contribution >= 0.6 is 11.3 Å². The number of thiophene rings is 1. The van der Waals surface area contributed by atoms with E-state index in [0.29, 0.717) is 17.5 Å². The van der Waals surface area contributed by atoms with Crippen molar-refractivity contribution in [3.8, 4) is 45.5 Å². The van der Waals surface area contributed by atoms with Crippen molar-refractivity contribution in [2.24, 2.45) is 0 Å². The van der Waals surface area contributed by atoms with E-state index in [1.807, 2.05) is 90.2 Å². The van der Waals surface area contributed by atoms with Crippen LogP contribution in [0.25, 0.3) is 115 Å². The highest BCUT2D eigenvalue weighted by atomic mass is 32.1. The van der Waals surface area contributed by atoms with Crippen LogP contribution < -0.4 is 0 Å². The quantitative estimate of drug-likeness (QED) is 0.143. The van der Waals surface area contributed by atoms with Crippen molar-refractivity contribution in [1.29, 1.82) is 0 Å². The zero-order valence-electron chi connectivity index (χ0n) is 34.1. The van der Waals surface area contributed by atoms with E-state index in [9.17, 15) is 0 Å². The Labute approximate surface area is 367 Å². The zero-order chi connectivity index (χ0) is 42.0. The van der Waals surface area contributed by atoms with Crippen LogP contribution in [0.5, 0.6) is 0 Å². The minimum absolute atomic E-state index is 0.643. The van der Waals surface area contributed by atoms with E-state index in [2.05, 4.69) is 144 Å². The average molecular weight is 824 g/mol. The third kappa shape index (κ3) is 5.87. The minimum Gasteiger partial charge on any atom is -0.307 e. The van der Waals surface area contributed by atoms with Crippen LogP contribution in [0.15, 0.2) is 213 Å². The van der Waals surface area contributed by atoms with Crippen molar-refractivity contribution >= 4 is 80.7 Å². The number of allylic oxidation sites excluding steroid dienone is 4. The molecule has 0 aliphatic rings. The van der Waals surface area contributed by atoms with Gasteiger partial charge in [-0.25, -0.2) is 15.0 Å². The maximum absolute atomic E-state index is 5.06. The van der Waals surface area contributed by atoms with E-state index >= 15 is 0 Å². The molecular formula is C57H37N5S. The summed E-state index contributed by atoms with van der Waals surface area (Å²) in [6.45, 7) is 8.10. The number of fused-ring (bicyclic) bond motifs is 10. The standard InChI is InChI=1S/C57H37N5S/c1-3-17-36(4-2)39-28-30-43-42-24-14-15-26-48(42)62(50(43)34-39)49-27-16-25-45-46-32-33-47-44-31-29-40(35-51(44)63-54(47)53(46)61(52(45)49)41-22-12-7-13-23-41)57-59-55(37-18-8-5-9-19-37)58-56(60-57)38-20-10-6-11-21-38/h3-35H,1-2H2/b36-17+. The molecule has 0 radical (unpaired) electrons. The van der Waals surface area contributed by atoms with Gasteiger partial charge in [-0.1, -0.05) is 177 Å². The van der Waals surface area contributed by atoms with Gasteiger partial charge in [-0.05, 0) is 47.5 Å². The van der Waals surface area contributed by atoms with Gasteiger partial charge in [0.05, 0.1) is 32.5 Å². The van der Waals surface area contributed by atoms with Gasteiger partial charge in [0.25, 0.3) is 0 Å². The largest absolute Gasteiger partial charge is 0.307 e. The predicted octanol–water partition coefficient (Wildman–Crippen LogP) is 15.2. The van der Waals surface area contributed by atoms with E-state index in [1.165, 1.54) is 47.2 Å². The molecule has 0 N–H and O–H groups in total. The van der Waals surface area contributed by atoms with Gasteiger partial charge >= 0.3 is 0 Å². The van der Waals surface area contributed by atoms with E-state index in [0.717, 1.165) is 55.8 Å². The van der Waals surface area contributed by atoms with Gasteiger partial charge in [0.2, 0.25) is 0 Å². The lowest BCUT2D eigenvalue weighted by Gasteiger charge is -2.15. The summed E-state index contributed by atoms with van der Waals surface area (Å²) in [4.78, 5) is 15.1. The Morgan fingerprint density at radius 1 is 0.460 bits per heavy atom. The van der Waals surface area contributed by atoms with Gasteiger partial charge in [-0.3, -0.25) is 0 Å². The first-order valence-electron chi connectivity index (χ1n) is 21.0. The van der Waals surface area contributed by atoms with E-state index in [4.69, 9.17) is 15.0 Å². The van der Waals surface area contributed by atoms with Crippen molar-refractivity contribution in [3.05, 3.63) is 219 Å². The van der Waals surface area contributed by atoms with E-state index in [1.54, 1.807) is 0 Å². The molecule has 63 heavy (non-hydrogen) atoms. The number of hydrogen-bond acceptors (Lipinski definition) is 4. The maximum Gasteiger partial charge on any atom is 0.164 e. The Morgan fingerprint density at radius 3 is 1.76 bits per heavy atom. The predicted molar refractivity (Wildman–Crippen MR) is 266 cm³/mol. The molecule has 0 unspecified atom stereocenters. The highest BCUT2D eigenvalue weighted by Gasteiger charge is 2.23. The molecule has 296 valence electrons. The first kappa shape index (κ1) is 36.6. The number of aromatic nitrogens is 5. The van der Waals surface area contributed by atoms with Gasteiger partial charge in [-0.15, -0.1) is 11.3 Å². The Hall–Kier alpha value is -8.19. The first-order valence-corrected chi connectivity index (χ1v) is 21.8. The number of rotatable bonds is 8. The number of hydrogen-bond donors (Lipinski definition) is 0. The van der Waals surface area contributed by atoms with Crippen molar-refractivity contribution < 1.29 is 0 Å². The molecule has 6 heteroatoms. The lowest BCUT2D eigenvalue weighted by molar-refractivity contribution is 1.07. The Bertz CT molecular complexity index is 3760. The summed E-state index contributed by atoms with van der Waals surface area (Å²) in [5, 5.41) is 7.22. The second-order valence-electron chi connectivity index (χ2n) is 15.7. The summed E-state index contributed by atoms with van der Waals surface area (Å²) >= 11 is 1.82. The molecule has 4 heterocycles. The minimum atomic E-state index is 0.643. The molecule has 0 fully saturated rings. The lowest BCUT2D eigenvalue weighted by Crippen LogP contribution is -2.00. The molecule has 12 aromatic rings. The first-order chi connectivity index (χ1) is 31.2. The summed E-state index contributed by atoms with van der Waals surface area (Å²) in [6.07, 6.45) is 5.74. The highest BCUT2D eigenvalue weighted by Crippen LogP contribution is 2.46. The van der Waals surface area contributed by atoms with Crippen LogP contribution in [0.3, 0.4) is 0 Å². The molecule has 0 atom stereocenters. The smallest absolute Gasteiger partial charge is 0.164 e. The molecule has 0 aliphatic heterocycles. The van der Waals surface area contributed by atoms with Crippen molar-refractivity contribution in [1.82, 2.24) is 24.1 Å². The van der Waals surface area contributed by atoms with Gasteiger partial charge in [0.1, 0.15) is 0 Å². The molecule has 5 nitrogen and oxygen atoms in total. The van der Waals surface area contributed by atoms with Gasteiger partial charge in [0.15, 0.2) is 17.5 Å². The van der Waals surface area contributed by atoms with Crippen LogP contribution in [0, 0.1) is 0 Å². The van der Waals surface area contributed by atoms with Crippen LogP contribution in [-0.2, 0) is 0 Å². The van der Waals surface area contributed by atoms with Gasteiger partial charge in [0, 0.05) is 59.4 Å². The Balaban J connectivity index is 1.12. The summed E-state index contributed by atoms with van der Waals surface area (Å²) in [5.41, 5.74) is 11.8. The number of para-hydroxylation sites is 3. The molecule has 0 aliphatic carbocycles. The summed E-state index contributed by atoms with van der Waals surface area (Å²) in [7, 11) is 0.